The fraction of sp³-hybridized carbons (Fsp3) is 0.412. The summed E-state index contributed by atoms with van der Waals surface area (Å²) in [7, 11) is 1.57. The maximum Gasteiger partial charge on any atom is 0.128 e. The van der Waals surface area contributed by atoms with E-state index < -0.39 is 0 Å². The van der Waals surface area contributed by atoms with E-state index in [4.69, 9.17) is 17.0 Å². The number of phenols is 1. The van der Waals surface area contributed by atoms with Gasteiger partial charge in [-0.05, 0) is 43.2 Å². The van der Waals surface area contributed by atoms with Crippen molar-refractivity contribution in [2.24, 2.45) is 4.99 Å². The van der Waals surface area contributed by atoms with Gasteiger partial charge in [0.05, 0.1) is 17.9 Å². The van der Waals surface area contributed by atoms with Gasteiger partial charge in [-0.1, -0.05) is 12.2 Å². The lowest BCUT2D eigenvalue weighted by atomic mass is 10.2. The standard InChI is InChI=1S/C17H22N2O2S2/c1-21-13-7-6-12(16(20)10-13)11-18-8-9-19-15-5-3-4-14(15)17(22)23-2/h6-7,10-11,19-20H,3-5,8-9H2,1-2H3. The van der Waals surface area contributed by atoms with E-state index in [1.165, 1.54) is 17.7 Å². The molecule has 4 nitrogen and oxygen atoms in total. The van der Waals surface area contributed by atoms with E-state index >= 15 is 0 Å². The molecule has 6 heteroatoms. The third-order valence-electron chi connectivity index (χ3n) is 3.70. The molecule has 0 bridgehead atoms. The molecule has 0 spiro atoms. The van der Waals surface area contributed by atoms with Gasteiger partial charge in [0, 0.05) is 30.1 Å². The van der Waals surface area contributed by atoms with Gasteiger partial charge in [0.1, 0.15) is 11.5 Å². The SMILES string of the molecule is COc1ccc(C=NCCNC2=C(C(=S)SC)CCC2)c(O)c1. The number of allylic oxidation sites excluding steroid dienone is 1. The van der Waals surface area contributed by atoms with E-state index in [0.29, 0.717) is 17.9 Å². The van der Waals surface area contributed by atoms with Crippen molar-refractivity contribution in [2.45, 2.75) is 19.3 Å². The second-order valence-corrected chi connectivity index (χ2v) is 6.67. The minimum absolute atomic E-state index is 0.173. The zero-order valence-corrected chi connectivity index (χ0v) is 15.1. The molecule has 23 heavy (non-hydrogen) atoms. The maximum atomic E-state index is 9.86. The Hall–Kier alpha value is -1.53. The lowest BCUT2D eigenvalue weighted by Crippen LogP contribution is -2.18. The number of aliphatic imine (C=N–C) groups is 1. The van der Waals surface area contributed by atoms with Gasteiger partial charge in [-0.15, -0.1) is 11.8 Å². The summed E-state index contributed by atoms with van der Waals surface area (Å²) in [4.78, 5) is 4.36. The maximum absolute atomic E-state index is 9.86. The van der Waals surface area contributed by atoms with Crippen LogP contribution in [0.15, 0.2) is 34.5 Å². The van der Waals surface area contributed by atoms with Gasteiger partial charge in [-0.3, -0.25) is 4.99 Å². The number of nitrogens with zero attached hydrogens (tertiary/aromatic N) is 1. The van der Waals surface area contributed by atoms with Crippen molar-refractivity contribution in [1.29, 1.82) is 0 Å². The van der Waals surface area contributed by atoms with Crippen molar-refractivity contribution >= 4 is 34.4 Å². The molecule has 0 atom stereocenters. The highest BCUT2D eigenvalue weighted by Crippen LogP contribution is 2.28. The summed E-state index contributed by atoms with van der Waals surface area (Å²) >= 11 is 7.03. The minimum atomic E-state index is 0.173. The molecule has 0 heterocycles. The van der Waals surface area contributed by atoms with E-state index in [1.807, 2.05) is 6.26 Å². The van der Waals surface area contributed by atoms with Crippen LogP contribution < -0.4 is 10.1 Å². The third-order valence-corrected chi connectivity index (χ3v) is 5.06. The molecular formula is C17H22N2O2S2. The number of thioether (sulfide) groups is 1. The van der Waals surface area contributed by atoms with Gasteiger partial charge in [-0.2, -0.15) is 0 Å². The Morgan fingerprint density at radius 3 is 3.00 bits per heavy atom. The van der Waals surface area contributed by atoms with Gasteiger partial charge in [0.15, 0.2) is 0 Å². The summed E-state index contributed by atoms with van der Waals surface area (Å²) in [5.41, 5.74) is 3.26. The molecule has 0 amide bonds. The first-order valence-electron chi connectivity index (χ1n) is 7.56. The lowest BCUT2D eigenvalue weighted by molar-refractivity contribution is 0.407. The van der Waals surface area contributed by atoms with Crippen LogP contribution in [-0.2, 0) is 0 Å². The highest BCUT2D eigenvalue weighted by Gasteiger charge is 2.17. The van der Waals surface area contributed by atoms with E-state index in [-0.39, 0.29) is 5.75 Å². The Morgan fingerprint density at radius 1 is 1.48 bits per heavy atom. The van der Waals surface area contributed by atoms with Gasteiger partial charge in [-0.25, -0.2) is 0 Å². The number of ether oxygens (including phenoxy) is 1. The van der Waals surface area contributed by atoms with Crippen molar-refractivity contribution in [1.82, 2.24) is 5.32 Å². The monoisotopic (exact) mass is 350 g/mol. The number of hydrogen-bond donors (Lipinski definition) is 2. The van der Waals surface area contributed by atoms with Crippen LogP contribution in [0.3, 0.4) is 0 Å². The zero-order chi connectivity index (χ0) is 16.7. The normalized spacial score (nSPS) is 14.5. The average Bonchev–Trinajstić information content (AvgIpc) is 3.03. The van der Waals surface area contributed by atoms with E-state index in [1.54, 1.807) is 43.3 Å². The Morgan fingerprint density at radius 2 is 2.30 bits per heavy atom. The Labute approximate surface area is 147 Å². The highest BCUT2D eigenvalue weighted by molar-refractivity contribution is 8.23. The fourth-order valence-corrected chi connectivity index (χ4v) is 3.18. The summed E-state index contributed by atoms with van der Waals surface area (Å²) in [6.45, 7) is 1.41. The molecule has 0 fully saturated rings. The number of nitrogens with one attached hydrogen (secondary N) is 1. The molecule has 2 N–H and O–H groups in total. The minimum Gasteiger partial charge on any atom is -0.507 e. The van der Waals surface area contributed by atoms with Crippen LogP contribution in [0.25, 0.3) is 0 Å². The molecule has 0 saturated carbocycles. The first kappa shape index (κ1) is 17.8. The zero-order valence-electron chi connectivity index (χ0n) is 13.5. The smallest absolute Gasteiger partial charge is 0.128 e. The molecule has 0 unspecified atom stereocenters. The molecule has 0 saturated heterocycles. The number of rotatable bonds is 7. The lowest BCUT2D eigenvalue weighted by Gasteiger charge is -2.09. The fourth-order valence-electron chi connectivity index (χ4n) is 2.48. The summed E-state index contributed by atoms with van der Waals surface area (Å²) in [6, 6.07) is 5.18. The van der Waals surface area contributed by atoms with E-state index in [0.717, 1.165) is 23.6 Å². The second-order valence-electron chi connectivity index (χ2n) is 5.19. The van der Waals surface area contributed by atoms with Crippen molar-refractivity contribution < 1.29 is 9.84 Å². The van der Waals surface area contributed by atoms with Gasteiger partial charge in [0.2, 0.25) is 0 Å². The van der Waals surface area contributed by atoms with E-state index in [9.17, 15) is 5.11 Å². The number of benzene rings is 1. The quantitative estimate of drug-likeness (QED) is 0.447. The topological polar surface area (TPSA) is 53.8 Å². The van der Waals surface area contributed by atoms with Crippen LogP contribution in [-0.4, -0.2) is 42.0 Å². The third kappa shape index (κ3) is 4.97. The predicted octanol–water partition coefficient (Wildman–Crippen LogP) is 3.54. The average molecular weight is 351 g/mol. The summed E-state index contributed by atoms with van der Waals surface area (Å²) in [5.74, 6) is 0.805. The molecule has 1 aliphatic rings. The van der Waals surface area contributed by atoms with Crippen LogP contribution in [0.2, 0.25) is 0 Å². The van der Waals surface area contributed by atoms with Crippen LogP contribution in [0, 0.1) is 0 Å². The molecule has 1 aliphatic carbocycles. The molecule has 0 aliphatic heterocycles. The number of hydrogen-bond acceptors (Lipinski definition) is 6. The van der Waals surface area contributed by atoms with Crippen LogP contribution >= 0.6 is 24.0 Å². The molecular weight excluding hydrogens is 328 g/mol. The summed E-state index contributed by atoms with van der Waals surface area (Å²) in [6.07, 6.45) is 7.02. The second kappa shape index (κ2) is 8.93. The van der Waals surface area contributed by atoms with Gasteiger partial charge < -0.3 is 15.2 Å². The van der Waals surface area contributed by atoms with Crippen molar-refractivity contribution in [3.05, 3.63) is 35.0 Å². The van der Waals surface area contributed by atoms with Gasteiger partial charge >= 0.3 is 0 Å². The number of thiocarbonyl (C=S) groups is 1. The van der Waals surface area contributed by atoms with Crippen molar-refractivity contribution in [2.75, 3.05) is 26.5 Å². The highest BCUT2D eigenvalue weighted by atomic mass is 32.2. The number of methoxy groups -OCH3 is 1. The first-order chi connectivity index (χ1) is 11.2. The summed E-state index contributed by atoms with van der Waals surface area (Å²) < 4.78 is 6.05. The molecule has 1 aromatic rings. The van der Waals surface area contributed by atoms with Crippen LogP contribution in [0.4, 0.5) is 0 Å². The Balaban J connectivity index is 1.84. The molecule has 1 aromatic carbocycles. The first-order valence-corrected chi connectivity index (χ1v) is 9.20. The molecule has 0 radical (unpaired) electrons. The Kier molecular flexibility index (Phi) is 6.92. The van der Waals surface area contributed by atoms with Crippen molar-refractivity contribution in [3.63, 3.8) is 0 Å². The number of phenolic OH excluding ortho intramolecular Hbond substituents is 1. The van der Waals surface area contributed by atoms with Crippen molar-refractivity contribution in [3.8, 4) is 11.5 Å². The van der Waals surface area contributed by atoms with Crippen LogP contribution in [0.5, 0.6) is 11.5 Å². The largest absolute Gasteiger partial charge is 0.507 e. The Bertz CT molecular complexity index is 627. The van der Waals surface area contributed by atoms with Crippen LogP contribution in [0.1, 0.15) is 24.8 Å². The molecule has 0 aromatic heterocycles. The molecule has 124 valence electrons. The predicted molar refractivity (Wildman–Crippen MR) is 102 cm³/mol. The number of aromatic hydroxyl groups is 1. The van der Waals surface area contributed by atoms with E-state index in [2.05, 4.69) is 10.3 Å². The molecule has 2 rings (SSSR count). The van der Waals surface area contributed by atoms with Gasteiger partial charge in [0.25, 0.3) is 0 Å². The summed E-state index contributed by atoms with van der Waals surface area (Å²) in [5, 5.41) is 13.3.